The number of amides is 1. The molecule has 0 radical (unpaired) electrons. The van der Waals surface area contributed by atoms with Crippen molar-refractivity contribution in [2.45, 2.75) is 37.5 Å². The van der Waals surface area contributed by atoms with Crippen molar-refractivity contribution in [1.29, 1.82) is 0 Å². The molecule has 2 heterocycles. The van der Waals surface area contributed by atoms with Gasteiger partial charge in [0.1, 0.15) is 11.6 Å². The molecule has 1 fully saturated rings. The number of benzene rings is 2. The number of esters is 1. The van der Waals surface area contributed by atoms with Crippen LogP contribution < -0.4 is 15.0 Å². The van der Waals surface area contributed by atoms with E-state index in [1.165, 1.54) is 12.1 Å². The Bertz CT molecular complexity index is 1060. The Morgan fingerprint density at radius 2 is 1.88 bits per heavy atom. The quantitative estimate of drug-likeness (QED) is 0.421. The first kappa shape index (κ1) is 22.1. The number of anilines is 2. The zero-order chi connectivity index (χ0) is 23.1. The molecule has 0 unspecified atom stereocenters. The molecule has 0 aliphatic carbocycles. The van der Waals surface area contributed by atoms with E-state index in [9.17, 15) is 32.3 Å². The zero-order valence-corrected chi connectivity index (χ0v) is 16.8. The van der Waals surface area contributed by atoms with Gasteiger partial charge in [0.05, 0.1) is 24.0 Å². The van der Waals surface area contributed by atoms with Gasteiger partial charge in [0, 0.05) is 36.1 Å². The molecular weight excluding hydrogens is 432 g/mol. The smallest absolute Gasteiger partial charge is 0.419 e. The Kier molecular flexibility index (Phi) is 5.58. The summed E-state index contributed by atoms with van der Waals surface area (Å²) in [5.74, 6) is -1.76. The number of hydrogen-bond donors (Lipinski definition) is 2. The molecule has 1 amide bonds. The Morgan fingerprint density at radius 1 is 1.16 bits per heavy atom. The maximum Gasteiger partial charge on any atom is 0.419 e. The Balaban J connectivity index is 1.36. The van der Waals surface area contributed by atoms with Crippen molar-refractivity contribution in [3.05, 3.63) is 53.3 Å². The highest BCUT2D eigenvalue weighted by Crippen LogP contribution is 2.36. The van der Waals surface area contributed by atoms with Crippen molar-refractivity contribution in [3.63, 3.8) is 0 Å². The molecule has 170 valence electrons. The third kappa shape index (κ3) is 4.69. The predicted molar refractivity (Wildman–Crippen MR) is 107 cm³/mol. The number of hydrogen-bond acceptors (Lipinski definition) is 5. The molecule has 2 N–H and O–H groups in total. The first-order valence-corrected chi connectivity index (χ1v) is 10.00. The summed E-state index contributed by atoms with van der Waals surface area (Å²) in [6.45, 7) is 0.420. The average Bonchev–Trinajstić information content (AvgIpc) is 3.07. The van der Waals surface area contributed by atoms with E-state index in [-0.39, 0.29) is 50.4 Å². The third-order valence-electron chi connectivity index (χ3n) is 5.71. The zero-order valence-electron chi connectivity index (χ0n) is 16.8. The van der Waals surface area contributed by atoms with Crippen molar-refractivity contribution in [1.82, 2.24) is 0 Å². The van der Waals surface area contributed by atoms with Gasteiger partial charge in [-0.15, -0.1) is 0 Å². The minimum absolute atomic E-state index is 0.154. The number of carbonyl (C=O) groups is 2. The molecule has 0 bridgehead atoms. The summed E-state index contributed by atoms with van der Waals surface area (Å²) in [5, 5.41) is 13.5. The fourth-order valence-electron chi connectivity index (χ4n) is 3.98. The van der Waals surface area contributed by atoms with Crippen molar-refractivity contribution >= 4 is 23.3 Å². The number of halogens is 4. The van der Waals surface area contributed by atoms with Gasteiger partial charge in [0.2, 0.25) is 5.91 Å². The van der Waals surface area contributed by atoms with E-state index in [1.807, 2.05) is 0 Å². The molecule has 0 saturated carbocycles. The summed E-state index contributed by atoms with van der Waals surface area (Å²) in [5.41, 5.74) is -1.30. The molecule has 4 rings (SSSR count). The Labute approximate surface area is 180 Å². The van der Waals surface area contributed by atoms with Gasteiger partial charge in [0.15, 0.2) is 0 Å². The van der Waals surface area contributed by atoms with E-state index in [1.54, 1.807) is 17.0 Å². The Morgan fingerprint density at radius 3 is 2.56 bits per heavy atom. The van der Waals surface area contributed by atoms with Crippen molar-refractivity contribution in [3.8, 4) is 5.75 Å². The summed E-state index contributed by atoms with van der Waals surface area (Å²) in [6.07, 6.45) is -4.51. The summed E-state index contributed by atoms with van der Waals surface area (Å²) < 4.78 is 57.5. The maximum atomic E-state index is 13.5. The van der Waals surface area contributed by atoms with E-state index < -0.39 is 29.1 Å². The van der Waals surface area contributed by atoms with E-state index >= 15 is 0 Å². The molecule has 1 saturated heterocycles. The van der Waals surface area contributed by atoms with Crippen LogP contribution in [-0.2, 0) is 22.2 Å². The molecule has 2 aliphatic rings. The molecule has 2 aromatic rings. The van der Waals surface area contributed by atoms with Gasteiger partial charge in [-0.1, -0.05) is 6.07 Å². The maximum absolute atomic E-state index is 13.5. The van der Waals surface area contributed by atoms with Crippen LogP contribution in [0.25, 0.3) is 0 Å². The number of nitrogens with one attached hydrogen (secondary N) is 1. The van der Waals surface area contributed by atoms with E-state index in [2.05, 4.69) is 5.32 Å². The molecule has 2 aliphatic heterocycles. The topological polar surface area (TPSA) is 78.9 Å². The van der Waals surface area contributed by atoms with E-state index in [4.69, 9.17) is 4.74 Å². The molecule has 2 aromatic carbocycles. The van der Waals surface area contributed by atoms with Crippen LogP contribution in [0.3, 0.4) is 0 Å². The highest BCUT2D eigenvalue weighted by molar-refractivity contribution is 5.92. The van der Waals surface area contributed by atoms with Gasteiger partial charge in [-0.25, -0.2) is 4.39 Å². The number of fused-ring (bicyclic) bond motifs is 1. The molecule has 10 heteroatoms. The standard InChI is InChI=1S/C22H20F4N2O4/c23-17-4-3-15(11-16(17)22(24,25)26)28-7-5-21(31,6-8-28)12-19(29)27-14-2-1-13-9-20(30)32-18(13)10-14/h1-4,10-11,31H,5-9,12H2,(H,27,29). The molecule has 0 aromatic heterocycles. The molecule has 6 nitrogen and oxygen atoms in total. The monoisotopic (exact) mass is 452 g/mol. The van der Waals surface area contributed by atoms with Crippen LogP contribution in [0.2, 0.25) is 0 Å². The van der Waals surface area contributed by atoms with Gasteiger partial charge in [-0.05, 0) is 37.1 Å². The lowest BCUT2D eigenvalue weighted by Gasteiger charge is -2.39. The minimum Gasteiger partial charge on any atom is -0.426 e. The second-order valence-electron chi connectivity index (χ2n) is 8.07. The highest BCUT2D eigenvalue weighted by Gasteiger charge is 2.37. The number of piperidine rings is 1. The predicted octanol–water partition coefficient (Wildman–Crippen LogP) is 3.67. The lowest BCUT2D eigenvalue weighted by Crippen LogP contribution is -2.46. The van der Waals surface area contributed by atoms with Crippen molar-refractivity contribution in [2.75, 3.05) is 23.3 Å². The van der Waals surface area contributed by atoms with Crippen LogP contribution in [0.5, 0.6) is 5.75 Å². The molecule has 0 atom stereocenters. The second kappa shape index (κ2) is 8.09. The third-order valence-corrected chi connectivity index (χ3v) is 5.71. The fraction of sp³-hybridized carbons (Fsp3) is 0.364. The average molecular weight is 452 g/mol. The SMILES string of the molecule is O=C(CC1(O)CCN(c2ccc(F)c(C(F)(F)F)c2)CC1)Nc1ccc2c(c1)OC(=O)C2. The fourth-order valence-corrected chi connectivity index (χ4v) is 3.98. The van der Waals surface area contributed by atoms with Crippen LogP contribution in [0.1, 0.15) is 30.4 Å². The van der Waals surface area contributed by atoms with Crippen molar-refractivity contribution < 1.29 is 37.0 Å². The summed E-state index contributed by atoms with van der Waals surface area (Å²) >= 11 is 0. The number of rotatable bonds is 4. The van der Waals surface area contributed by atoms with Crippen LogP contribution in [-0.4, -0.2) is 35.7 Å². The van der Waals surface area contributed by atoms with E-state index in [0.717, 1.165) is 17.7 Å². The highest BCUT2D eigenvalue weighted by atomic mass is 19.4. The van der Waals surface area contributed by atoms with Crippen LogP contribution in [0.4, 0.5) is 28.9 Å². The minimum atomic E-state index is -4.80. The van der Waals surface area contributed by atoms with Gasteiger partial charge in [-0.2, -0.15) is 13.2 Å². The Hall–Kier alpha value is -3.14. The first-order valence-electron chi connectivity index (χ1n) is 10.00. The summed E-state index contributed by atoms with van der Waals surface area (Å²) in [7, 11) is 0. The summed E-state index contributed by atoms with van der Waals surface area (Å²) in [4.78, 5) is 25.4. The number of carbonyl (C=O) groups excluding carboxylic acids is 2. The van der Waals surface area contributed by atoms with Gasteiger partial charge in [0.25, 0.3) is 0 Å². The number of alkyl halides is 3. The van der Waals surface area contributed by atoms with Gasteiger partial charge >= 0.3 is 12.1 Å². The number of ether oxygens (including phenoxy) is 1. The lowest BCUT2D eigenvalue weighted by atomic mass is 9.87. The largest absolute Gasteiger partial charge is 0.426 e. The number of nitrogens with zero attached hydrogens (tertiary/aromatic N) is 1. The van der Waals surface area contributed by atoms with Gasteiger partial charge in [-0.3, -0.25) is 9.59 Å². The van der Waals surface area contributed by atoms with Crippen LogP contribution in [0, 0.1) is 5.82 Å². The van der Waals surface area contributed by atoms with Crippen molar-refractivity contribution in [2.24, 2.45) is 0 Å². The normalized spacial score (nSPS) is 17.7. The number of aliphatic hydroxyl groups is 1. The molecular formula is C22H20F4N2O4. The van der Waals surface area contributed by atoms with Crippen LogP contribution in [0.15, 0.2) is 36.4 Å². The summed E-state index contributed by atoms with van der Waals surface area (Å²) in [6, 6.07) is 7.66. The van der Waals surface area contributed by atoms with E-state index in [0.29, 0.717) is 11.4 Å². The molecule has 32 heavy (non-hydrogen) atoms. The first-order chi connectivity index (χ1) is 15.0. The van der Waals surface area contributed by atoms with Gasteiger partial charge < -0.3 is 20.1 Å². The van der Waals surface area contributed by atoms with Crippen LogP contribution >= 0.6 is 0 Å². The second-order valence-corrected chi connectivity index (χ2v) is 8.07. The molecule has 0 spiro atoms. The lowest BCUT2D eigenvalue weighted by molar-refractivity contribution is -0.140.